The van der Waals surface area contributed by atoms with E-state index in [4.69, 9.17) is 0 Å². The zero-order valence-corrected chi connectivity index (χ0v) is 16.9. The van der Waals surface area contributed by atoms with Crippen molar-refractivity contribution in [1.82, 2.24) is 5.43 Å². The monoisotopic (exact) mass is 374 g/mol. The first kappa shape index (κ1) is 21.0. The molecule has 0 heterocycles. The molecule has 0 atom stereocenters. The van der Waals surface area contributed by atoms with Crippen molar-refractivity contribution in [2.75, 3.05) is 11.5 Å². The number of aryl methyl sites for hydroxylation is 1. The van der Waals surface area contributed by atoms with Crippen LogP contribution in [0.1, 0.15) is 76.2 Å². The van der Waals surface area contributed by atoms with Crippen molar-refractivity contribution in [3.63, 3.8) is 0 Å². The van der Waals surface area contributed by atoms with Crippen molar-refractivity contribution in [3.05, 3.63) is 35.9 Å². The van der Waals surface area contributed by atoms with E-state index < -0.39 is 0 Å². The van der Waals surface area contributed by atoms with Crippen LogP contribution in [0.25, 0.3) is 0 Å². The Labute approximate surface area is 163 Å². The van der Waals surface area contributed by atoms with Gasteiger partial charge in [0.2, 0.25) is 5.91 Å². The number of carbonyl (C=O) groups is 1. The summed E-state index contributed by atoms with van der Waals surface area (Å²) in [7, 11) is 0. The summed E-state index contributed by atoms with van der Waals surface area (Å²) in [6, 6.07) is 10.4. The summed E-state index contributed by atoms with van der Waals surface area (Å²) in [5, 5.41) is 4.45. The molecular weight excluding hydrogens is 340 g/mol. The van der Waals surface area contributed by atoms with Crippen molar-refractivity contribution < 1.29 is 4.79 Å². The van der Waals surface area contributed by atoms with Gasteiger partial charge >= 0.3 is 0 Å². The van der Waals surface area contributed by atoms with E-state index in [1.54, 1.807) is 11.8 Å². The molecule has 1 aromatic carbocycles. The lowest BCUT2D eigenvalue weighted by molar-refractivity contribution is -0.118. The Bertz CT molecular complexity index is 516. The van der Waals surface area contributed by atoms with E-state index in [0.717, 1.165) is 25.0 Å². The second kappa shape index (κ2) is 13.9. The van der Waals surface area contributed by atoms with Crippen LogP contribution in [0.4, 0.5) is 0 Å². The normalized spacial score (nSPS) is 17.0. The first-order valence-electron chi connectivity index (χ1n) is 10.3. The lowest BCUT2D eigenvalue weighted by Gasteiger charge is -2.09. The topological polar surface area (TPSA) is 41.5 Å². The Kier molecular flexibility index (Phi) is 11.2. The summed E-state index contributed by atoms with van der Waals surface area (Å²) in [5.74, 6) is 1.49. The Balaban J connectivity index is 1.64. The van der Waals surface area contributed by atoms with Gasteiger partial charge in [-0.2, -0.15) is 16.9 Å². The number of hydrazone groups is 1. The minimum atomic E-state index is 0.0293. The molecule has 0 spiro atoms. The Morgan fingerprint density at radius 2 is 1.46 bits per heavy atom. The SMILES string of the molecule is O=C(CSCCc1ccccc1)NN=C1CCCCCCCCCCC1. The number of rotatable bonds is 6. The minimum Gasteiger partial charge on any atom is -0.272 e. The van der Waals surface area contributed by atoms with Gasteiger partial charge in [-0.1, -0.05) is 75.3 Å². The van der Waals surface area contributed by atoms with Gasteiger partial charge in [0.25, 0.3) is 0 Å². The molecule has 144 valence electrons. The summed E-state index contributed by atoms with van der Waals surface area (Å²) in [4.78, 5) is 12.0. The van der Waals surface area contributed by atoms with Crippen LogP contribution in [-0.4, -0.2) is 23.1 Å². The van der Waals surface area contributed by atoms with Crippen LogP contribution < -0.4 is 5.43 Å². The molecule has 26 heavy (non-hydrogen) atoms. The van der Waals surface area contributed by atoms with Gasteiger partial charge in [0.05, 0.1) is 5.75 Å². The highest BCUT2D eigenvalue weighted by molar-refractivity contribution is 7.99. The molecule has 0 bridgehead atoms. The number of hydrogen-bond donors (Lipinski definition) is 1. The number of benzene rings is 1. The third-order valence-corrected chi connectivity index (χ3v) is 5.84. The van der Waals surface area contributed by atoms with Crippen LogP contribution in [0.15, 0.2) is 35.4 Å². The van der Waals surface area contributed by atoms with Crippen molar-refractivity contribution in [3.8, 4) is 0 Å². The van der Waals surface area contributed by atoms with E-state index in [1.165, 1.54) is 69.1 Å². The van der Waals surface area contributed by atoms with Crippen LogP contribution in [0.3, 0.4) is 0 Å². The third-order valence-electron chi connectivity index (χ3n) is 4.88. The number of nitrogens with one attached hydrogen (secondary N) is 1. The summed E-state index contributed by atoms with van der Waals surface area (Å²) in [6.45, 7) is 0. The van der Waals surface area contributed by atoms with E-state index in [1.807, 2.05) is 6.07 Å². The van der Waals surface area contributed by atoms with Crippen molar-refractivity contribution >= 4 is 23.4 Å². The molecule has 1 amide bonds. The van der Waals surface area contributed by atoms with Gasteiger partial charge in [-0.15, -0.1) is 0 Å². The number of amides is 1. The molecule has 1 saturated carbocycles. The number of nitrogens with zero attached hydrogens (tertiary/aromatic N) is 1. The van der Waals surface area contributed by atoms with Crippen LogP contribution in [0.5, 0.6) is 0 Å². The highest BCUT2D eigenvalue weighted by Gasteiger charge is 2.05. The molecule has 3 nitrogen and oxygen atoms in total. The first-order chi connectivity index (χ1) is 12.8. The second-order valence-electron chi connectivity index (χ2n) is 7.18. The van der Waals surface area contributed by atoms with E-state index in [2.05, 4.69) is 34.8 Å². The number of hydrogen-bond acceptors (Lipinski definition) is 3. The largest absolute Gasteiger partial charge is 0.272 e. The Morgan fingerprint density at radius 3 is 2.08 bits per heavy atom. The van der Waals surface area contributed by atoms with Crippen molar-refractivity contribution in [2.45, 2.75) is 77.0 Å². The molecule has 1 aliphatic carbocycles. The molecule has 0 unspecified atom stereocenters. The highest BCUT2D eigenvalue weighted by atomic mass is 32.2. The summed E-state index contributed by atoms with van der Waals surface area (Å²) < 4.78 is 0. The Morgan fingerprint density at radius 1 is 0.885 bits per heavy atom. The average molecular weight is 375 g/mol. The highest BCUT2D eigenvalue weighted by Crippen LogP contribution is 2.15. The molecule has 1 fully saturated rings. The van der Waals surface area contributed by atoms with E-state index in [9.17, 15) is 4.79 Å². The lowest BCUT2D eigenvalue weighted by Crippen LogP contribution is -2.22. The maximum absolute atomic E-state index is 12.0. The predicted octanol–water partition coefficient (Wildman–Crippen LogP) is 5.74. The molecule has 2 rings (SSSR count). The Hall–Kier alpha value is -1.29. The van der Waals surface area contributed by atoms with E-state index in [0.29, 0.717) is 5.75 Å². The van der Waals surface area contributed by atoms with Crippen LogP contribution >= 0.6 is 11.8 Å². The molecule has 0 saturated heterocycles. The average Bonchev–Trinajstić information content (AvgIpc) is 2.66. The predicted molar refractivity (Wildman–Crippen MR) is 114 cm³/mol. The van der Waals surface area contributed by atoms with Gasteiger partial charge in [0, 0.05) is 5.71 Å². The zero-order valence-electron chi connectivity index (χ0n) is 16.0. The smallest absolute Gasteiger partial charge is 0.250 e. The van der Waals surface area contributed by atoms with Gasteiger partial charge in [0.1, 0.15) is 0 Å². The van der Waals surface area contributed by atoms with Crippen molar-refractivity contribution in [1.29, 1.82) is 0 Å². The van der Waals surface area contributed by atoms with Gasteiger partial charge in [-0.25, -0.2) is 5.43 Å². The fourth-order valence-electron chi connectivity index (χ4n) is 3.31. The minimum absolute atomic E-state index is 0.0293. The van der Waals surface area contributed by atoms with Gasteiger partial charge in [-0.05, 0) is 43.4 Å². The van der Waals surface area contributed by atoms with Crippen LogP contribution in [0.2, 0.25) is 0 Å². The zero-order chi connectivity index (χ0) is 18.3. The van der Waals surface area contributed by atoms with Gasteiger partial charge in [-0.3, -0.25) is 4.79 Å². The summed E-state index contributed by atoms with van der Waals surface area (Å²) in [5.41, 5.74) is 5.31. The maximum Gasteiger partial charge on any atom is 0.250 e. The van der Waals surface area contributed by atoms with Gasteiger partial charge in [0.15, 0.2) is 0 Å². The second-order valence-corrected chi connectivity index (χ2v) is 8.29. The molecule has 0 aromatic heterocycles. The van der Waals surface area contributed by atoms with Gasteiger partial charge < -0.3 is 0 Å². The van der Waals surface area contributed by atoms with Crippen LogP contribution in [-0.2, 0) is 11.2 Å². The van der Waals surface area contributed by atoms with E-state index >= 15 is 0 Å². The quantitative estimate of drug-likeness (QED) is 0.509. The number of thioether (sulfide) groups is 1. The fourth-order valence-corrected chi connectivity index (χ4v) is 4.08. The standard InChI is InChI=1S/C22H34N2OS/c25-22(19-26-18-17-20-13-9-8-10-14-20)24-23-21-15-11-6-4-2-1-3-5-7-12-16-21/h8-10,13-14H,1-7,11-12,15-19H2,(H,24,25). The molecule has 0 radical (unpaired) electrons. The molecule has 1 N–H and O–H groups in total. The fraction of sp³-hybridized carbons (Fsp3) is 0.636. The summed E-state index contributed by atoms with van der Waals surface area (Å²) in [6.07, 6.45) is 14.9. The van der Waals surface area contributed by atoms with Crippen LogP contribution in [0, 0.1) is 0 Å². The van der Waals surface area contributed by atoms with E-state index in [-0.39, 0.29) is 5.91 Å². The lowest BCUT2D eigenvalue weighted by atomic mass is 10.00. The first-order valence-corrected chi connectivity index (χ1v) is 11.5. The third kappa shape index (κ3) is 10.0. The van der Waals surface area contributed by atoms with Crippen molar-refractivity contribution in [2.24, 2.45) is 5.10 Å². The number of carbonyl (C=O) groups excluding carboxylic acids is 1. The molecule has 4 heteroatoms. The maximum atomic E-state index is 12.0. The molecule has 0 aliphatic heterocycles. The molecular formula is C22H34N2OS. The molecule has 1 aliphatic rings. The summed E-state index contributed by atoms with van der Waals surface area (Å²) >= 11 is 1.68. The molecule has 1 aromatic rings.